The van der Waals surface area contributed by atoms with Crippen molar-refractivity contribution in [2.24, 2.45) is 23.7 Å². The van der Waals surface area contributed by atoms with Crippen LogP contribution in [0, 0.1) is 23.7 Å². The maximum absolute atomic E-state index is 6.90. The minimum absolute atomic E-state index is 0.143. The van der Waals surface area contributed by atoms with Gasteiger partial charge in [0.2, 0.25) is 0 Å². The van der Waals surface area contributed by atoms with Crippen LogP contribution in [-0.4, -0.2) is 0 Å². The van der Waals surface area contributed by atoms with E-state index in [-0.39, 0.29) is 5.41 Å². The fraction of sp³-hybridized carbons (Fsp3) is 0.294. The minimum Gasteiger partial charge on any atom is -0.0985 e. The molecule has 0 heterocycles. The molecule has 4 bridgehead atoms. The molecule has 0 atom stereocenters. The summed E-state index contributed by atoms with van der Waals surface area (Å²) in [7, 11) is 0. The molecule has 0 unspecified atom stereocenters. The highest BCUT2D eigenvalue weighted by atomic mass is 35.5. The molecule has 5 aliphatic carbocycles. The lowest BCUT2D eigenvalue weighted by atomic mass is 9.43. The van der Waals surface area contributed by atoms with Gasteiger partial charge in [0.25, 0.3) is 0 Å². The zero-order chi connectivity index (χ0) is 23.3. The van der Waals surface area contributed by atoms with Gasteiger partial charge in [-0.3, -0.25) is 0 Å². The SMILES string of the molecule is C=Cc1ccc2c(c1)C1(c3cc(-c4c(Cl)ccc5ccccc45)ccc3-2)C2CC3CC(C2)CC1C3. The summed E-state index contributed by atoms with van der Waals surface area (Å²) in [6.45, 7) is 4.11. The molecule has 4 saturated carbocycles. The van der Waals surface area contributed by atoms with Crippen molar-refractivity contribution in [2.45, 2.75) is 37.5 Å². The Morgan fingerprint density at radius 2 is 1.43 bits per heavy atom. The number of fused-ring (bicyclic) bond motifs is 4. The summed E-state index contributed by atoms with van der Waals surface area (Å²) in [5.41, 5.74) is 9.89. The van der Waals surface area contributed by atoms with Gasteiger partial charge in [0, 0.05) is 16.0 Å². The number of halogens is 1. The fourth-order valence-corrected chi connectivity index (χ4v) is 9.31. The third-order valence-electron chi connectivity index (χ3n) is 10.1. The van der Waals surface area contributed by atoms with E-state index in [4.69, 9.17) is 11.6 Å². The van der Waals surface area contributed by atoms with Crippen molar-refractivity contribution in [3.63, 3.8) is 0 Å². The second kappa shape index (κ2) is 7.11. The highest BCUT2D eigenvalue weighted by Gasteiger charge is 2.61. The predicted molar refractivity (Wildman–Crippen MR) is 148 cm³/mol. The van der Waals surface area contributed by atoms with E-state index in [1.54, 1.807) is 11.1 Å². The van der Waals surface area contributed by atoms with Gasteiger partial charge in [-0.25, -0.2) is 0 Å². The van der Waals surface area contributed by atoms with Crippen LogP contribution in [-0.2, 0) is 5.41 Å². The molecule has 0 N–H and O–H groups in total. The van der Waals surface area contributed by atoms with Crippen molar-refractivity contribution >= 4 is 28.4 Å². The van der Waals surface area contributed by atoms with Crippen molar-refractivity contribution in [1.82, 2.24) is 0 Å². The summed E-state index contributed by atoms with van der Waals surface area (Å²) in [5, 5.41) is 3.33. The molecular weight excluding hydrogens is 444 g/mol. The van der Waals surface area contributed by atoms with Crippen molar-refractivity contribution in [2.75, 3.05) is 0 Å². The molecule has 5 aliphatic rings. The molecule has 0 saturated heterocycles. The average Bonchev–Trinajstić information content (AvgIpc) is 3.16. The van der Waals surface area contributed by atoms with Gasteiger partial charge in [0.1, 0.15) is 0 Å². The number of hydrogen-bond donors (Lipinski definition) is 0. The van der Waals surface area contributed by atoms with Gasteiger partial charge in [0.15, 0.2) is 0 Å². The lowest BCUT2D eigenvalue weighted by molar-refractivity contribution is -0.0399. The van der Waals surface area contributed by atoms with E-state index in [0.29, 0.717) is 0 Å². The molecule has 4 aromatic rings. The van der Waals surface area contributed by atoms with Crippen LogP contribution in [0.15, 0.2) is 79.4 Å². The highest BCUT2D eigenvalue weighted by molar-refractivity contribution is 6.35. The molecule has 1 heteroatoms. The van der Waals surface area contributed by atoms with Gasteiger partial charge in [-0.05, 0) is 112 Å². The fourth-order valence-electron chi connectivity index (χ4n) is 9.03. The average molecular weight is 473 g/mol. The Morgan fingerprint density at radius 1 is 0.743 bits per heavy atom. The van der Waals surface area contributed by atoms with Gasteiger partial charge in [0.05, 0.1) is 0 Å². The molecule has 35 heavy (non-hydrogen) atoms. The highest BCUT2D eigenvalue weighted by Crippen LogP contribution is 2.69. The molecule has 1 spiro atoms. The molecule has 0 aromatic heterocycles. The van der Waals surface area contributed by atoms with Gasteiger partial charge in [-0.15, -0.1) is 0 Å². The second-order valence-electron chi connectivity index (χ2n) is 11.6. The van der Waals surface area contributed by atoms with Crippen LogP contribution in [0.3, 0.4) is 0 Å². The van der Waals surface area contributed by atoms with Gasteiger partial charge >= 0.3 is 0 Å². The summed E-state index contributed by atoms with van der Waals surface area (Å²) in [5.74, 6) is 3.37. The van der Waals surface area contributed by atoms with E-state index in [2.05, 4.69) is 79.4 Å². The van der Waals surface area contributed by atoms with Crippen molar-refractivity contribution in [1.29, 1.82) is 0 Å². The Balaban J connectivity index is 1.42. The van der Waals surface area contributed by atoms with Gasteiger partial charge in [-0.1, -0.05) is 84.9 Å². The summed E-state index contributed by atoms with van der Waals surface area (Å²) >= 11 is 6.90. The number of rotatable bonds is 2. The summed E-state index contributed by atoms with van der Waals surface area (Å²) < 4.78 is 0. The zero-order valence-electron chi connectivity index (χ0n) is 19.9. The van der Waals surface area contributed by atoms with Crippen molar-refractivity contribution < 1.29 is 0 Å². The minimum atomic E-state index is 0.143. The molecule has 0 nitrogen and oxygen atoms in total. The van der Waals surface area contributed by atoms with E-state index < -0.39 is 0 Å². The Morgan fingerprint density at radius 3 is 2.17 bits per heavy atom. The second-order valence-corrected chi connectivity index (χ2v) is 12.0. The number of hydrogen-bond acceptors (Lipinski definition) is 0. The predicted octanol–water partition coefficient (Wildman–Crippen LogP) is 9.53. The molecular formula is C34H29Cl. The maximum atomic E-state index is 6.90. The molecule has 0 amide bonds. The van der Waals surface area contributed by atoms with Crippen LogP contribution < -0.4 is 0 Å². The first-order valence-corrected chi connectivity index (χ1v) is 13.6. The molecule has 0 aliphatic heterocycles. The summed E-state index contributed by atoms with van der Waals surface area (Å²) in [4.78, 5) is 0. The molecule has 4 aromatic carbocycles. The van der Waals surface area contributed by atoms with Crippen LogP contribution in [0.4, 0.5) is 0 Å². The van der Waals surface area contributed by atoms with E-state index in [1.807, 2.05) is 6.08 Å². The molecule has 0 radical (unpaired) electrons. The third-order valence-corrected chi connectivity index (χ3v) is 10.4. The van der Waals surface area contributed by atoms with Crippen LogP contribution in [0.25, 0.3) is 39.1 Å². The van der Waals surface area contributed by atoms with E-state index in [9.17, 15) is 0 Å². The van der Waals surface area contributed by atoms with Gasteiger partial charge < -0.3 is 0 Å². The summed E-state index contributed by atoms with van der Waals surface area (Å²) in [6.07, 6.45) is 9.06. The zero-order valence-corrected chi connectivity index (χ0v) is 20.7. The van der Waals surface area contributed by atoms with Crippen LogP contribution in [0.2, 0.25) is 5.02 Å². The molecule has 4 fully saturated rings. The summed E-state index contributed by atoms with van der Waals surface area (Å²) in [6, 6.07) is 27.2. The Kier molecular flexibility index (Phi) is 4.14. The van der Waals surface area contributed by atoms with E-state index >= 15 is 0 Å². The normalized spacial score (nSPS) is 29.5. The standard InChI is InChI=1S/C34H29Cl/c1-2-20-7-10-28-29-11-8-24(33-27-6-4-3-5-23(27)9-12-32(33)35)19-31(29)34(30(28)18-20)25-14-21-13-22(16-25)17-26(34)15-21/h2-12,18-19,21-22,25-26H,1,13-17H2. The van der Waals surface area contributed by atoms with E-state index in [0.717, 1.165) is 28.7 Å². The molecule has 9 rings (SSSR count). The Labute approximate surface area is 212 Å². The van der Waals surface area contributed by atoms with Crippen molar-refractivity contribution in [3.8, 4) is 22.3 Å². The maximum Gasteiger partial charge on any atom is 0.0490 e. The van der Waals surface area contributed by atoms with Crippen LogP contribution >= 0.6 is 11.6 Å². The first-order chi connectivity index (χ1) is 17.2. The quantitative estimate of drug-likeness (QED) is 0.272. The first kappa shape index (κ1) is 20.4. The van der Waals surface area contributed by atoms with Crippen LogP contribution in [0.5, 0.6) is 0 Å². The van der Waals surface area contributed by atoms with Crippen molar-refractivity contribution in [3.05, 3.63) is 101 Å². The monoisotopic (exact) mass is 472 g/mol. The lowest BCUT2D eigenvalue weighted by Gasteiger charge is -2.61. The Hall–Kier alpha value is -2.83. The van der Waals surface area contributed by atoms with Gasteiger partial charge in [-0.2, -0.15) is 0 Å². The number of benzene rings is 4. The largest absolute Gasteiger partial charge is 0.0985 e. The molecule has 172 valence electrons. The third kappa shape index (κ3) is 2.59. The van der Waals surface area contributed by atoms with E-state index in [1.165, 1.54) is 70.7 Å². The topological polar surface area (TPSA) is 0 Å². The smallest absolute Gasteiger partial charge is 0.0490 e. The Bertz CT molecular complexity index is 1510. The first-order valence-electron chi connectivity index (χ1n) is 13.3. The van der Waals surface area contributed by atoms with Crippen LogP contribution in [0.1, 0.15) is 48.8 Å². The lowest BCUT2D eigenvalue weighted by Crippen LogP contribution is -2.55.